The van der Waals surface area contributed by atoms with E-state index >= 15 is 0 Å². The molecule has 0 fully saturated rings. The summed E-state index contributed by atoms with van der Waals surface area (Å²) in [4.78, 5) is 0. The molecule has 1 heteroatoms. The van der Waals surface area contributed by atoms with Crippen LogP contribution in [0.4, 0.5) is 5.69 Å². The summed E-state index contributed by atoms with van der Waals surface area (Å²) in [6.07, 6.45) is 0. The van der Waals surface area contributed by atoms with E-state index in [9.17, 15) is 0 Å². The normalized spacial score (nSPS) is 12.5. The number of anilines is 1. The third kappa shape index (κ3) is 1.21. The van der Waals surface area contributed by atoms with Crippen molar-refractivity contribution < 1.29 is 0 Å². The van der Waals surface area contributed by atoms with Gasteiger partial charge in [-0.2, -0.15) is 0 Å². The van der Waals surface area contributed by atoms with Crippen molar-refractivity contribution in [2.45, 2.75) is 0 Å². The SMILES string of the molecule is Nc1cc2c3c(cc4cccc5ccc1c3c54)-c1ccccc1-2. The van der Waals surface area contributed by atoms with Crippen molar-refractivity contribution in [2.75, 3.05) is 5.73 Å². The largest absolute Gasteiger partial charge is 0.398 e. The van der Waals surface area contributed by atoms with Crippen LogP contribution >= 0.6 is 0 Å². The van der Waals surface area contributed by atoms with E-state index in [0.717, 1.165) is 5.69 Å². The summed E-state index contributed by atoms with van der Waals surface area (Å²) in [5, 5.41) is 7.77. The van der Waals surface area contributed by atoms with Gasteiger partial charge in [0.25, 0.3) is 0 Å². The third-order valence-corrected chi connectivity index (χ3v) is 5.28. The fourth-order valence-electron chi connectivity index (χ4n) is 4.35. The molecule has 1 nitrogen and oxygen atoms in total. The number of benzene rings is 5. The summed E-state index contributed by atoms with van der Waals surface area (Å²) in [6.45, 7) is 0. The molecule has 0 saturated carbocycles. The van der Waals surface area contributed by atoms with Crippen molar-refractivity contribution in [3.05, 3.63) is 66.7 Å². The van der Waals surface area contributed by atoms with Crippen LogP contribution in [-0.2, 0) is 0 Å². The fourth-order valence-corrected chi connectivity index (χ4v) is 4.35. The summed E-state index contributed by atoms with van der Waals surface area (Å²) < 4.78 is 0. The van der Waals surface area contributed by atoms with Gasteiger partial charge in [0.1, 0.15) is 0 Å². The molecule has 0 bridgehead atoms. The fraction of sp³-hybridized carbons (Fsp3) is 0. The Morgan fingerprint density at radius 1 is 0.522 bits per heavy atom. The molecule has 0 saturated heterocycles. The molecule has 0 amide bonds. The highest BCUT2D eigenvalue weighted by Gasteiger charge is 2.25. The molecule has 5 aromatic carbocycles. The summed E-state index contributed by atoms with van der Waals surface area (Å²) in [5.74, 6) is 0. The molecule has 0 atom stereocenters. The van der Waals surface area contributed by atoms with Gasteiger partial charge in [-0.25, -0.2) is 0 Å². The molecule has 0 aromatic heterocycles. The molecule has 0 heterocycles. The zero-order valence-corrected chi connectivity index (χ0v) is 12.4. The standard InChI is InChI=1S/C22H13N/c23-19-11-18-15-7-2-1-6-14(15)17-10-13-5-3-4-12-8-9-16(19)22(20(12)13)21(17)18/h1-11H,23H2. The number of rotatable bonds is 0. The van der Waals surface area contributed by atoms with Crippen molar-refractivity contribution in [1.29, 1.82) is 0 Å². The zero-order chi connectivity index (χ0) is 15.1. The van der Waals surface area contributed by atoms with E-state index in [1.54, 1.807) is 0 Å². The van der Waals surface area contributed by atoms with Crippen LogP contribution in [-0.4, -0.2) is 0 Å². The molecule has 0 radical (unpaired) electrons. The van der Waals surface area contributed by atoms with Crippen molar-refractivity contribution in [2.24, 2.45) is 0 Å². The van der Waals surface area contributed by atoms with Gasteiger partial charge in [-0.3, -0.25) is 0 Å². The van der Waals surface area contributed by atoms with Gasteiger partial charge in [0.15, 0.2) is 0 Å². The Labute approximate surface area is 133 Å². The molecule has 0 unspecified atom stereocenters. The summed E-state index contributed by atoms with van der Waals surface area (Å²) >= 11 is 0. The summed E-state index contributed by atoms with van der Waals surface area (Å²) in [7, 11) is 0. The second-order valence-corrected chi connectivity index (χ2v) is 6.43. The van der Waals surface area contributed by atoms with Gasteiger partial charge in [0, 0.05) is 16.5 Å². The van der Waals surface area contributed by atoms with Crippen LogP contribution in [0.1, 0.15) is 0 Å². The minimum absolute atomic E-state index is 0.869. The van der Waals surface area contributed by atoms with Crippen LogP contribution in [0.25, 0.3) is 54.6 Å². The first-order valence-corrected chi connectivity index (χ1v) is 7.93. The predicted molar refractivity (Wildman–Crippen MR) is 99.0 cm³/mol. The first-order valence-electron chi connectivity index (χ1n) is 7.93. The molecule has 0 aliphatic heterocycles. The molecule has 2 N–H and O–H groups in total. The summed E-state index contributed by atoms with van der Waals surface area (Å²) in [6, 6.07) is 24.0. The molecular formula is C22H13N. The van der Waals surface area contributed by atoms with Gasteiger partial charge in [-0.1, -0.05) is 54.6 Å². The Morgan fingerprint density at radius 2 is 1.26 bits per heavy atom. The zero-order valence-electron chi connectivity index (χ0n) is 12.4. The number of nitrogen functional groups attached to an aromatic ring is 1. The van der Waals surface area contributed by atoms with Crippen LogP contribution in [0.5, 0.6) is 0 Å². The Morgan fingerprint density at radius 3 is 2.09 bits per heavy atom. The second kappa shape index (κ2) is 3.64. The Kier molecular flexibility index (Phi) is 1.82. The maximum absolute atomic E-state index is 6.42. The van der Waals surface area contributed by atoms with Crippen molar-refractivity contribution >= 4 is 38.0 Å². The quantitative estimate of drug-likeness (QED) is 0.277. The van der Waals surface area contributed by atoms with E-state index < -0.39 is 0 Å². The van der Waals surface area contributed by atoms with E-state index in [4.69, 9.17) is 5.73 Å². The number of hydrogen-bond acceptors (Lipinski definition) is 1. The minimum Gasteiger partial charge on any atom is -0.398 e. The maximum atomic E-state index is 6.42. The predicted octanol–water partition coefficient (Wildman–Crippen LogP) is 5.81. The highest BCUT2D eigenvalue weighted by atomic mass is 14.6. The van der Waals surface area contributed by atoms with Crippen molar-refractivity contribution in [3.8, 4) is 22.3 Å². The van der Waals surface area contributed by atoms with E-state index in [1.165, 1.54) is 54.6 Å². The molecule has 6 rings (SSSR count). The third-order valence-electron chi connectivity index (χ3n) is 5.28. The lowest BCUT2D eigenvalue weighted by atomic mass is 9.90. The van der Waals surface area contributed by atoms with Gasteiger partial charge in [0.2, 0.25) is 0 Å². The van der Waals surface area contributed by atoms with E-state index in [-0.39, 0.29) is 0 Å². The van der Waals surface area contributed by atoms with Crippen LogP contribution in [0, 0.1) is 0 Å². The average molecular weight is 291 g/mol. The number of nitrogens with two attached hydrogens (primary N) is 1. The first kappa shape index (κ1) is 11.5. The van der Waals surface area contributed by atoms with Crippen molar-refractivity contribution in [1.82, 2.24) is 0 Å². The van der Waals surface area contributed by atoms with Crippen LogP contribution in [0.3, 0.4) is 0 Å². The van der Waals surface area contributed by atoms with Gasteiger partial charge in [-0.15, -0.1) is 0 Å². The molecule has 0 spiro atoms. The van der Waals surface area contributed by atoms with E-state index in [0.29, 0.717) is 0 Å². The van der Waals surface area contributed by atoms with Crippen molar-refractivity contribution in [3.63, 3.8) is 0 Å². The van der Waals surface area contributed by atoms with Crippen LogP contribution < -0.4 is 5.73 Å². The topological polar surface area (TPSA) is 26.0 Å². The van der Waals surface area contributed by atoms with Gasteiger partial charge >= 0.3 is 0 Å². The van der Waals surface area contributed by atoms with Crippen LogP contribution in [0.15, 0.2) is 66.7 Å². The average Bonchev–Trinajstić information content (AvgIpc) is 2.90. The monoisotopic (exact) mass is 291 g/mol. The molecule has 1 aliphatic carbocycles. The molecule has 5 aromatic rings. The smallest absolute Gasteiger partial charge is 0.0400 e. The Balaban J connectivity index is 2.04. The van der Waals surface area contributed by atoms with Gasteiger partial charge in [-0.05, 0) is 55.9 Å². The number of hydrogen-bond donors (Lipinski definition) is 1. The van der Waals surface area contributed by atoms with E-state index in [1.807, 2.05) is 0 Å². The Bertz CT molecular complexity index is 1260. The van der Waals surface area contributed by atoms with Gasteiger partial charge < -0.3 is 5.73 Å². The minimum atomic E-state index is 0.869. The van der Waals surface area contributed by atoms with Crippen LogP contribution in [0.2, 0.25) is 0 Å². The highest BCUT2D eigenvalue weighted by Crippen LogP contribution is 2.52. The highest BCUT2D eigenvalue weighted by molar-refractivity contribution is 6.33. The lowest BCUT2D eigenvalue weighted by Gasteiger charge is -2.14. The first-order chi connectivity index (χ1) is 11.3. The van der Waals surface area contributed by atoms with E-state index in [2.05, 4.69) is 66.7 Å². The molecule has 106 valence electrons. The molecular weight excluding hydrogens is 278 g/mol. The lowest BCUT2D eigenvalue weighted by Crippen LogP contribution is -1.91. The summed E-state index contributed by atoms with van der Waals surface area (Å²) in [5.41, 5.74) is 12.5. The second-order valence-electron chi connectivity index (χ2n) is 6.43. The van der Waals surface area contributed by atoms with Gasteiger partial charge in [0.05, 0.1) is 0 Å². The Hall–Kier alpha value is -3.06. The maximum Gasteiger partial charge on any atom is 0.0400 e. The lowest BCUT2D eigenvalue weighted by molar-refractivity contribution is 1.70. The number of fused-ring (bicyclic) bond motifs is 3. The molecule has 23 heavy (non-hydrogen) atoms. The molecule has 1 aliphatic rings.